The van der Waals surface area contributed by atoms with E-state index in [0.717, 1.165) is 22.8 Å². The topological polar surface area (TPSA) is 118 Å². The number of rotatable bonds is 5. The summed E-state index contributed by atoms with van der Waals surface area (Å²) in [5.74, 6) is -0.532. The highest BCUT2D eigenvalue weighted by Crippen LogP contribution is 2.22. The number of hydrogen-bond donors (Lipinski definition) is 1. The van der Waals surface area contributed by atoms with Crippen LogP contribution in [-0.2, 0) is 6.54 Å². The molecule has 0 atom stereocenters. The Morgan fingerprint density at radius 1 is 1.17 bits per heavy atom. The lowest BCUT2D eigenvalue weighted by atomic mass is 10.1. The second-order valence-corrected chi connectivity index (χ2v) is 6.87. The normalized spacial score (nSPS) is 10.3. The summed E-state index contributed by atoms with van der Waals surface area (Å²) in [4.78, 5) is 35.2. The number of nitrogens with zero attached hydrogens (tertiary/aromatic N) is 3. The maximum Gasteiger partial charge on any atom is 0.270 e. The smallest absolute Gasteiger partial charge is 0.270 e. The summed E-state index contributed by atoms with van der Waals surface area (Å²) in [5.41, 5.74) is 2.93. The minimum absolute atomic E-state index is 0.0266. The van der Waals surface area contributed by atoms with Crippen LogP contribution in [0.5, 0.6) is 0 Å². The Balaban J connectivity index is 1.88. The number of anilines is 1. The quantitative estimate of drug-likeness (QED) is 0.517. The van der Waals surface area contributed by atoms with Gasteiger partial charge in [-0.1, -0.05) is 23.8 Å². The van der Waals surface area contributed by atoms with Crippen molar-refractivity contribution < 1.29 is 9.72 Å². The number of amides is 1. The third-order valence-electron chi connectivity index (χ3n) is 4.67. The average molecular weight is 402 g/mol. The Hall–Kier alpha value is -4.25. The van der Waals surface area contributed by atoms with Crippen molar-refractivity contribution in [3.63, 3.8) is 0 Å². The largest absolute Gasteiger partial charge is 0.321 e. The average Bonchev–Trinajstić information content (AvgIpc) is 2.72. The van der Waals surface area contributed by atoms with Gasteiger partial charge in [0.1, 0.15) is 6.07 Å². The molecule has 1 aromatic heterocycles. The Labute approximate surface area is 172 Å². The van der Waals surface area contributed by atoms with Crippen LogP contribution < -0.4 is 10.9 Å². The molecule has 1 N–H and O–H groups in total. The van der Waals surface area contributed by atoms with Gasteiger partial charge in [0, 0.05) is 24.4 Å². The monoisotopic (exact) mass is 402 g/mol. The highest BCUT2D eigenvalue weighted by atomic mass is 16.6. The third-order valence-corrected chi connectivity index (χ3v) is 4.67. The molecule has 0 saturated heterocycles. The molecule has 0 fully saturated rings. The summed E-state index contributed by atoms with van der Waals surface area (Å²) in [6, 6.07) is 14.1. The number of non-ortho nitro benzene ring substituents is 1. The first kappa shape index (κ1) is 20.5. The zero-order valence-corrected chi connectivity index (χ0v) is 16.4. The van der Waals surface area contributed by atoms with Gasteiger partial charge in [-0.25, -0.2) is 0 Å². The molecule has 3 aromatic rings. The van der Waals surface area contributed by atoms with Crippen LogP contribution in [-0.4, -0.2) is 15.4 Å². The molecule has 0 aliphatic heterocycles. The maximum absolute atomic E-state index is 12.7. The van der Waals surface area contributed by atoms with Gasteiger partial charge in [-0.2, -0.15) is 5.26 Å². The standard InChI is InChI=1S/C22H18N4O4/c1-14-3-4-15(2)18(9-14)13-25-12-16(5-8-21(25)27)22(28)24-20-7-6-19(26(29)30)10-17(20)11-23/h3-10,12H,13H2,1-2H3,(H,24,28). The Morgan fingerprint density at radius 3 is 2.63 bits per heavy atom. The first-order chi connectivity index (χ1) is 14.3. The number of benzene rings is 2. The molecule has 0 unspecified atom stereocenters. The summed E-state index contributed by atoms with van der Waals surface area (Å²) in [6.07, 6.45) is 1.46. The van der Waals surface area contributed by atoms with Gasteiger partial charge in [0.25, 0.3) is 17.2 Å². The molecule has 2 aromatic carbocycles. The van der Waals surface area contributed by atoms with E-state index in [1.54, 1.807) is 0 Å². The van der Waals surface area contributed by atoms with Crippen LogP contribution in [0, 0.1) is 35.3 Å². The van der Waals surface area contributed by atoms with Crippen molar-refractivity contribution in [1.29, 1.82) is 5.26 Å². The Bertz CT molecular complexity index is 1250. The molecular weight excluding hydrogens is 384 g/mol. The van der Waals surface area contributed by atoms with Gasteiger partial charge >= 0.3 is 0 Å². The van der Waals surface area contributed by atoms with Crippen molar-refractivity contribution in [2.24, 2.45) is 0 Å². The third kappa shape index (κ3) is 4.42. The van der Waals surface area contributed by atoms with Crippen molar-refractivity contribution in [2.75, 3.05) is 5.32 Å². The number of aromatic nitrogens is 1. The molecule has 0 aliphatic rings. The zero-order valence-electron chi connectivity index (χ0n) is 16.4. The van der Waals surface area contributed by atoms with Gasteiger partial charge in [-0.15, -0.1) is 0 Å². The number of carbonyl (C=O) groups is 1. The molecule has 8 nitrogen and oxygen atoms in total. The molecule has 0 saturated carbocycles. The minimum atomic E-state index is -0.615. The number of nitriles is 1. The minimum Gasteiger partial charge on any atom is -0.321 e. The van der Waals surface area contributed by atoms with Gasteiger partial charge in [0.05, 0.1) is 28.3 Å². The van der Waals surface area contributed by atoms with Crippen molar-refractivity contribution in [3.8, 4) is 6.07 Å². The number of carbonyl (C=O) groups excluding carboxylic acids is 1. The van der Waals surface area contributed by atoms with Crippen molar-refractivity contribution >= 4 is 17.3 Å². The van der Waals surface area contributed by atoms with E-state index in [1.165, 1.54) is 35.0 Å². The Morgan fingerprint density at radius 2 is 1.93 bits per heavy atom. The van der Waals surface area contributed by atoms with E-state index >= 15 is 0 Å². The van der Waals surface area contributed by atoms with E-state index in [2.05, 4.69) is 5.32 Å². The predicted molar refractivity (Wildman–Crippen MR) is 111 cm³/mol. The summed E-state index contributed by atoms with van der Waals surface area (Å²) < 4.78 is 1.44. The first-order valence-corrected chi connectivity index (χ1v) is 9.05. The molecule has 1 heterocycles. The van der Waals surface area contributed by atoms with Crippen LogP contribution in [0.3, 0.4) is 0 Å². The van der Waals surface area contributed by atoms with Crippen LogP contribution in [0.1, 0.15) is 32.6 Å². The lowest BCUT2D eigenvalue weighted by Gasteiger charge is -2.12. The van der Waals surface area contributed by atoms with Crippen LogP contribution in [0.4, 0.5) is 11.4 Å². The second kappa shape index (κ2) is 8.41. The maximum atomic E-state index is 12.7. The van der Waals surface area contributed by atoms with E-state index < -0.39 is 10.8 Å². The number of pyridine rings is 1. The number of hydrogen-bond acceptors (Lipinski definition) is 5. The predicted octanol–water partition coefficient (Wildman–Crippen LogP) is 3.55. The van der Waals surface area contributed by atoms with E-state index in [9.17, 15) is 25.0 Å². The Kier molecular flexibility index (Phi) is 5.74. The van der Waals surface area contributed by atoms with E-state index in [-0.39, 0.29) is 28.1 Å². The number of nitrogens with one attached hydrogen (secondary N) is 1. The van der Waals surface area contributed by atoms with Gasteiger partial charge < -0.3 is 9.88 Å². The fraction of sp³-hybridized carbons (Fsp3) is 0.136. The van der Waals surface area contributed by atoms with Gasteiger partial charge in [-0.05, 0) is 37.1 Å². The van der Waals surface area contributed by atoms with Crippen molar-refractivity contribution in [1.82, 2.24) is 4.57 Å². The molecule has 0 bridgehead atoms. The van der Waals surface area contributed by atoms with Gasteiger partial charge in [0.15, 0.2) is 0 Å². The molecule has 30 heavy (non-hydrogen) atoms. The lowest BCUT2D eigenvalue weighted by Crippen LogP contribution is -2.23. The fourth-order valence-corrected chi connectivity index (χ4v) is 2.99. The molecule has 0 radical (unpaired) electrons. The molecule has 0 spiro atoms. The van der Waals surface area contributed by atoms with Crippen LogP contribution in [0.2, 0.25) is 0 Å². The summed E-state index contributed by atoms with van der Waals surface area (Å²) in [6.45, 7) is 4.23. The number of nitro groups is 1. The number of aryl methyl sites for hydroxylation is 2. The molecule has 0 aliphatic carbocycles. The van der Waals surface area contributed by atoms with E-state index in [4.69, 9.17) is 0 Å². The lowest BCUT2D eigenvalue weighted by molar-refractivity contribution is -0.384. The summed E-state index contributed by atoms with van der Waals surface area (Å²) >= 11 is 0. The first-order valence-electron chi connectivity index (χ1n) is 9.05. The highest BCUT2D eigenvalue weighted by molar-refractivity contribution is 6.04. The second-order valence-electron chi connectivity index (χ2n) is 6.87. The van der Waals surface area contributed by atoms with Crippen LogP contribution >= 0.6 is 0 Å². The highest BCUT2D eigenvalue weighted by Gasteiger charge is 2.14. The molecule has 3 rings (SSSR count). The molecule has 1 amide bonds. The van der Waals surface area contributed by atoms with Gasteiger partial charge in [-0.3, -0.25) is 19.7 Å². The molecule has 8 heteroatoms. The van der Waals surface area contributed by atoms with Crippen molar-refractivity contribution in [3.05, 3.63) is 103 Å². The summed E-state index contributed by atoms with van der Waals surface area (Å²) in [5, 5.41) is 22.7. The van der Waals surface area contributed by atoms with Crippen molar-refractivity contribution in [2.45, 2.75) is 20.4 Å². The summed E-state index contributed by atoms with van der Waals surface area (Å²) in [7, 11) is 0. The fourth-order valence-electron chi connectivity index (χ4n) is 2.99. The van der Waals surface area contributed by atoms with Crippen LogP contribution in [0.25, 0.3) is 0 Å². The van der Waals surface area contributed by atoms with Gasteiger partial charge in [0.2, 0.25) is 0 Å². The molecular formula is C22H18N4O4. The zero-order chi connectivity index (χ0) is 21.8. The van der Waals surface area contributed by atoms with E-state index in [0.29, 0.717) is 6.54 Å². The van der Waals surface area contributed by atoms with Crippen LogP contribution in [0.15, 0.2) is 59.5 Å². The number of nitro benzene ring substituents is 1. The molecule has 150 valence electrons. The SMILES string of the molecule is Cc1ccc(C)c(Cn2cc(C(=O)Nc3ccc([N+](=O)[O-])cc3C#N)ccc2=O)c1. The van der Waals surface area contributed by atoms with E-state index in [1.807, 2.05) is 38.1 Å².